The molecule has 0 spiro atoms. The molecule has 0 aliphatic heterocycles. The number of nitrogens with one attached hydrogen (secondary N) is 4. The summed E-state index contributed by atoms with van der Waals surface area (Å²) in [6.45, 7) is 7.55. The molecule has 10 heteroatoms. The number of hydrogen-bond acceptors (Lipinski definition) is 5. The number of aliphatic imine (C=N–C) groups is 1. The molecule has 0 radical (unpaired) electrons. The topological polar surface area (TPSA) is 121 Å². The van der Waals surface area contributed by atoms with Gasteiger partial charge in [0.2, 0.25) is 10.0 Å². The highest BCUT2D eigenvalue weighted by Gasteiger charge is 2.15. The molecule has 0 atom stereocenters. The summed E-state index contributed by atoms with van der Waals surface area (Å²) in [5.74, 6) is 0.631. The summed E-state index contributed by atoms with van der Waals surface area (Å²) < 4.78 is 29.4. The van der Waals surface area contributed by atoms with Crippen molar-refractivity contribution in [1.82, 2.24) is 20.7 Å². The van der Waals surface area contributed by atoms with Crippen LogP contribution in [0.25, 0.3) is 0 Å². The second-order valence-corrected chi connectivity index (χ2v) is 8.06. The number of hydrogen-bond donors (Lipinski definition) is 4. The van der Waals surface area contributed by atoms with Crippen LogP contribution in [0.3, 0.4) is 0 Å². The van der Waals surface area contributed by atoms with E-state index >= 15 is 0 Å². The third kappa shape index (κ3) is 15.3. The van der Waals surface area contributed by atoms with Gasteiger partial charge in [0.15, 0.2) is 5.96 Å². The molecule has 0 aromatic carbocycles. The Kier molecular flexibility index (Phi) is 10.4. The van der Waals surface area contributed by atoms with Gasteiger partial charge in [-0.3, -0.25) is 4.99 Å². The summed E-state index contributed by atoms with van der Waals surface area (Å²) in [6, 6.07) is 0. The van der Waals surface area contributed by atoms with Gasteiger partial charge in [0.05, 0.1) is 6.26 Å². The number of ether oxygens (including phenoxy) is 1. The van der Waals surface area contributed by atoms with Gasteiger partial charge >= 0.3 is 6.09 Å². The fourth-order valence-electron chi connectivity index (χ4n) is 1.57. The van der Waals surface area contributed by atoms with Crippen LogP contribution >= 0.6 is 0 Å². The molecule has 0 aliphatic carbocycles. The van der Waals surface area contributed by atoms with Crippen LogP contribution in [0.4, 0.5) is 4.79 Å². The lowest BCUT2D eigenvalue weighted by molar-refractivity contribution is 0.0527. The molecule has 0 aromatic heterocycles. The Bertz CT molecular complexity index is 500. The lowest BCUT2D eigenvalue weighted by Crippen LogP contribution is -2.40. The average molecular weight is 366 g/mol. The third-order valence-electron chi connectivity index (χ3n) is 2.55. The first-order chi connectivity index (χ1) is 11.0. The van der Waals surface area contributed by atoms with Gasteiger partial charge in [-0.2, -0.15) is 0 Å². The minimum absolute atomic E-state index is 0.378. The molecule has 1 amide bonds. The second-order valence-electron chi connectivity index (χ2n) is 6.23. The number of amides is 1. The van der Waals surface area contributed by atoms with Gasteiger partial charge in [-0.25, -0.2) is 17.9 Å². The molecule has 9 nitrogen and oxygen atoms in total. The van der Waals surface area contributed by atoms with Gasteiger partial charge < -0.3 is 20.7 Å². The Hall–Kier alpha value is -1.55. The summed E-state index contributed by atoms with van der Waals surface area (Å²) in [7, 11) is -1.48. The zero-order valence-corrected chi connectivity index (χ0v) is 16.0. The number of carbonyl (C=O) groups excluding carboxylic acids is 1. The maximum Gasteiger partial charge on any atom is 0.407 e. The van der Waals surface area contributed by atoms with Gasteiger partial charge in [0.1, 0.15) is 5.60 Å². The largest absolute Gasteiger partial charge is 0.444 e. The molecular weight excluding hydrogens is 334 g/mol. The maximum absolute atomic E-state index is 11.4. The smallest absolute Gasteiger partial charge is 0.407 e. The summed E-state index contributed by atoms with van der Waals surface area (Å²) in [5.41, 5.74) is -0.500. The molecule has 24 heavy (non-hydrogen) atoms. The van der Waals surface area contributed by atoms with Gasteiger partial charge in [-0.05, 0) is 33.6 Å². The van der Waals surface area contributed by atoms with Crippen molar-refractivity contribution in [3.63, 3.8) is 0 Å². The Morgan fingerprint density at radius 1 is 1.00 bits per heavy atom. The SMILES string of the molecule is CN=C(NCCCNC(=O)OC(C)(C)C)NCCCNS(C)(=O)=O. The molecule has 142 valence electrons. The number of sulfonamides is 1. The van der Waals surface area contributed by atoms with Crippen LogP contribution in [-0.2, 0) is 14.8 Å². The molecule has 0 rings (SSSR count). The van der Waals surface area contributed by atoms with E-state index in [9.17, 15) is 13.2 Å². The van der Waals surface area contributed by atoms with Crippen molar-refractivity contribution in [2.24, 2.45) is 4.99 Å². The molecule has 0 unspecified atom stereocenters. The standard InChI is InChI=1S/C14H31N5O4S/c1-14(2,3)23-13(20)18-10-6-8-16-12(15-4)17-9-7-11-19-24(5,21)22/h19H,6-11H2,1-5H3,(H,18,20)(H2,15,16,17). The van der Waals surface area contributed by atoms with Crippen LogP contribution in [-0.4, -0.2) is 65.6 Å². The third-order valence-corrected chi connectivity index (χ3v) is 3.28. The van der Waals surface area contributed by atoms with Gasteiger partial charge in [-0.15, -0.1) is 0 Å². The van der Waals surface area contributed by atoms with E-state index in [1.165, 1.54) is 0 Å². The molecule has 0 aliphatic rings. The highest BCUT2D eigenvalue weighted by atomic mass is 32.2. The molecule has 0 bridgehead atoms. The Balaban J connectivity index is 3.71. The second kappa shape index (κ2) is 11.1. The van der Waals surface area contributed by atoms with Crippen LogP contribution in [0.2, 0.25) is 0 Å². The van der Waals surface area contributed by atoms with Crippen molar-refractivity contribution in [2.75, 3.05) is 39.5 Å². The Morgan fingerprint density at radius 3 is 1.96 bits per heavy atom. The van der Waals surface area contributed by atoms with Gasteiger partial charge in [-0.1, -0.05) is 0 Å². The zero-order chi connectivity index (χ0) is 18.6. The first-order valence-corrected chi connectivity index (χ1v) is 9.78. The first-order valence-electron chi connectivity index (χ1n) is 7.89. The van der Waals surface area contributed by atoms with E-state index < -0.39 is 21.7 Å². The fourth-order valence-corrected chi connectivity index (χ4v) is 2.09. The highest BCUT2D eigenvalue weighted by Crippen LogP contribution is 2.06. The molecule has 0 saturated heterocycles. The summed E-state index contributed by atoms with van der Waals surface area (Å²) in [5, 5.41) is 8.86. The molecule has 0 heterocycles. The number of alkyl carbamates (subject to hydrolysis) is 1. The van der Waals surface area contributed by atoms with Crippen LogP contribution < -0.4 is 20.7 Å². The van der Waals surface area contributed by atoms with Crippen molar-refractivity contribution >= 4 is 22.1 Å². The van der Waals surface area contributed by atoms with Crippen LogP contribution in [0, 0.1) is 0 Å². The van der Waals surface area contributed by atoms with E-state index in [1.807, 2.05) is 20.8 Å². The minimum atomic E-state index is -3.14. The summed E-state index contributed by atoms with van der Waals surface area (Å²) >= 11 is 0. The van der Waals surface area contributed by atoms with E-state index in [2.05, 4.69) is 25.7 Å². The first kappa shape index (κ1) is 22.4. The molecular formula is C14H31N5O4S. The van der Waals surface area contributed by atoms with Crippen LogP contribution in [0.5, 0.6) is 0 Å². The lowest BCUT2D eigenvalue weighted by atomic mass is 10.2. The monoisotopic (exact) mass is 365 g/mol. The molecule has 0 fully saturated rings. The zero-order valence-electron chi connectivity index (χ0n) is 15.2. The van der Waals surface area contributed by atoms with E-state index in [1.54, 1.807) is 7.05 Å². The lowest BCUT2D eigenvalue weighted by Gasteiger charge is -2.19. The summed E-state index contributed by atoms with van der Waals surface area (Å²) in [6.07, 6.45) is 2.07. The van der Waals surface area contributed by atoms with E-state index in [4.69, 9.17) is 4.74 Å². The van der Waals surface area contributed by atoms with E-state index in [-0.39, 0.29) is 0 Å². The number of carbonyl (C=O) groups is 1. The average Bonchev–Trinajstić information content (AvgIpc) is 2.41. The summed E-state index contributed by atoms with van der Waals surface area (Å²) in [4.78, 5) is 15.5. The molecule has 4 N–H and O–H groups in total. The predicted molar refractivity (Wildman–Crippen MR) is 95.7 cm³/mol. The van der Waals surface area contributed by atoms with Gasteiger partial charge in [0, 0.05) is 33.2 Å². The normalized spacial score (nSPS) is 12.6. The van der Waals surface area contributed by atoms with Crippen molar-refractivity contribution < 1.29 is 17.9 Å². The van der Waals surface area contributed by atoms with Crippen LogP contribution in [0.1, 0.15) is 33.6 Å². The Labute approximate surface area is 145 Å². The minimum Gasteiger partial charge on any atom is -0.444 e. The van der Waals surface area contributed by atoms with Gasteiger partial charge in [0.25, 0.3) is 0 Å². The predicted octanol–water partition coefficient (Wildman–Crippen LogP) is 0.00550. The van der Waals surface area contributed by atoms with E-state index in [0.29, 0.717) is 38.6 Å². The van der Waals surface area contributed by atoms with Crippen molar-refractivity contribution in [2.45, 2.75) is 39.2 Å². The maximum atomic E-state index is 11.4. The van der Waals surface area contributed by atoms with Crippen molar-refractivity contribution in [3.8, 4) is 0 Å². The molecule has 0 saturated carbocycles. The van der Waals surface area contributed by atoms with Crippen molar-refractivity contribution in [1.29, 1.82) is 0 Å². The fraction of sp³-hybridized carbons (Fsp3) is 0.857. The highest BCUT2D eigenvalue weighted by molar-refractivity contribution is 7.88. The van der Waals surface area contributed by atoms with Crippen LogP contribution in [0.15, 0.2) is 4.99 Å². The Morgan fingerprint density at radius 2 is 1.50 bits per heavy atom. The van der Waals surface area contributed by atoms with Crippen molar-refractivity contribution in [3.05, 3.63) is 0 Å². The van der Waals surface area contributed by atoms with E-state index in [0.717, 1.165) is 12.7 Å². The molecule has 0 aromatic rings. The number of guanidine groups is 1. The quantitative estimate of drug-likeness (QED) is 0.259. The number of nitrogens with zero attached hydrogens (tertiary/aromatic N) is 1. The number of rotatable bonds is 9.